The standard InChI is InChI=1S/C15H13F3N2O/c16-15(17,18)13-7-5-12(6-8-13)11-3-1-10(2-4-11)9-14(21)20-19/h1-8H,9,19H2,(H,20,21). The van der Waals surface area contributed by atoms with Crippen LogP contribution in [0.25, 0.3) is 11.1 Å². The molecule has 0 saturated carbocycles. The second-order valence-corrected chi connectivity index (χ2v) is 4.52. The van der Waals surface area contributed by atoms with E-state index < -0.39 is 11.7 Å². The maximum atomic E-state index is 12.5. The molecule has 0 aliphatic heterocycles. The van der Waals surface area contributed by atoms with E-state index in [0.29, 0.717) is 5.56 Å². The van der Waals surface area contributed by atoms with Crippen molar-refractivity contribution in [2.24, 2.45) is 5.84 Å². The molecule has 2 aromatic rings. The summed E-state index contributed by atoms with van der Waals surface area (Å²) in [6, 6.07) is 11.9. The Morgan fingerprint density at radius 2 is 1.43 bits per heavy atom. The van der Waals surface area contributed by atoms with E-state index in [4.69, 9.17) is 5.84 Å². The second-order valence-electron chi connectivity index (χ2n) is 4.52. The summed E-state index contributed by atoms with van der Waals surface area (Å²) in [6.07, 6.45) is -4.18. The van der Waals surface area contributed by atoms with Crippen molar-refractivity contribution in [1.29, 1.82) is 0 Å². The second kappa shape index (κ2) is 5.97. The summed E-state index contributed by atoms with van der Waals surface area (Å²) in [6.45, 7) is 0. The van der Waals surface area contributed by atoms with Gasteiger partial charge < -0.3 is 0 Å². The van der Waals surface area contributed by atoms with E-state index in [1.165, 1.54) is 12.1 Å². The van der Waals surface area contributed by atoms with Gasteiger partial charge in [0.25, 0.3) is 0 Å². The summed E-state index contributed by atoms with van der Waals surface area (Å²) in [5.41, 5.74) is 3.59. The smallest absolute Gasteiger partial charge is 0.294 e. The maximum absolute atomic E-state index is 12.5. The first kappa shape index (κ1) is 15.1. The van der Waals surface area contributed by atoms with E-state index >= 15 is 0 Å². The molecule has 3 nitrogen and oxygen atoms in total. The molecular formula is C15H13F3N2O. The number of halogens is 3. The fraction of sp³-hybridized carbons (Fsp3) is 0.133. The lowest BCUT2D eigenvalue weighted by Gasteiger charge is -2.08. The summed E-state index contributed by atoms with van der Waals surface area (Å²) < 4.78 is 37.4. The fourth-order valence-electron chi connectivity index (χ4n) is 1.90. The molecule has 2 aromatic carbocycles. The fourth-order valence-corrected chi connectivity index (χ4v) is 1.90. The predicted molar refractivity (Wildman–Crippen MR) is 72.9 cm³/mol. The van der Waals surface area contributed by atoms with E-state index in [9.17, 15) is 18.0 Å². The van der Waals surface area contributed by atoms with Gasteiger partial charge in [0, 0.05) is 0 Å². The quantitative estimate of drug-likeness (QED) is 0.519. The van der Waals surface area contributed by atoms with Gasteiger partial charge in [-0.15, -0.1) is 0 Å². The lowest BCUT2D eigenvalue weighted by Crippen LogP contribution is -2.31. The molecule has 0 bridgehead atoms. The number of benzene rings is 2. The number of rotatable bonds is 3. The lowest BCUT2D eigenvalue weighted by atomic mass is 10.0. The minimum atomic E-state index is -4.34. The van der Waals surface area contributed by atoms with E-state index in [2.05, 4.69) is 0 Å². The van der Waals surface area contributed by atoms with Gasteiger partial charge in [0.2, 0.25) is 5.91 Å². The largest absolute Gasteiger partial charge is 0.416 e. The normalized spacial score (nSPS) is 11.2. The highest BCUT2D eigenvalue weighted by atomic mass is 19.4. The Balaban J connectivity index is 2.17. The van der Waals surface area contributed by atoms with Crippen molar-refractivity contribution in [2.75, 3.05) is 0 Å². The minimum Gasteiger partial charge on any atom is -0.294 e. The minimum absolute atomic E-state index is 0.157. The molecule has 0 aliphatic carbocycles. The van der Waals surface area contributed by atoms with Crippen LogP contribution in [0.15, 0.2) is 48.5 Å². The lowest BCUT2D eigenvalue weighted by molar-refractivity contribution is -0.137. The number of amides is 1. The van der Waals surface area contributed by atoms with Gasteiger partial charge in [-0.05, 0) is 28.8 Å². The van der Waals surface area contributed by atoms with Crippen LogP contribution in [0.5, 0.6) is 0 Å². The zero-order valence-corrected chi connectivity index (χ0v) is 10.9. The van der Waals surface area contributed by atoms with Crippen LogP contribution in [0.2, 0.25) is 0 Å². The highest BCUT2D eigenvalue weighted by Gasteiger charge is 2.29. The molecule has 0 radical (unpaired) electrons. The van der Waals surface area contributed by atoms with Crippen molar-refractivity contribution in [3.05, 3.63) is 59.7 Å². The van der Waals surface area contributed by atoms with Gasteiger partial charge in [0.05, 0.1) is 12.0 Å². The Kier molecular flexibility index (Phi) is 4.28. The van der Waals surface area contributed by atoms with Gasteiger partial charge in [-0.1, -0.05) is 36.4 Å². The number of nitrogens with two attached hydrogens (primary N) is 1. The molecule has 0 fully saturated rings. The number of hydrazine groups is 1. The highest BCUT2D eigenvalue weighted by Crippen LogP contribution is 2.31. The molecule has 0 unspecified atom stereocenters. The third kappa shape index (κ3) is 3.82. The molecule has 0 aliphatic rings. The van der Waals surface area contributed by atoms with Crippen molar-refractivity contribution in [3.8, 4) is 11.1 Å². The number of carbonyl (C=O) groups is 1. The van der Waals surface area contributed by atoms with Crippen LogP contribution in [0.4, 0.5) is 13.2 Å². The number of alkyl halides is 3. The molecule has 0 heterocycles. The Hall–Kier alpha value is -2.34. The summed E-state index contributed by atoms with van der Waals surface area (Å²) in [7, 11) is 0. The molecule has 6 heteroatoms. The SMILES string of the molecule is NNC(=O)Cc1ccc(-c2ccc(C(F)(F)F)cc2)cc1. The molecule has 1 amide bonds. The average molecular weight is 294 g/mol. The van der Waals surface area contributed by atoms with E-state index in [1.807, 2.05) is 5.43 Å². The molecule has 110 valence electrons. The van der Waals surface area contributed by atoms with Gasteiger partial charge in [0.1, 0.15) is 0 Å². The topological polar surface area (TPSA) is 55.1 Å². The van der Waals surface area contributed by atoms with Gasteiger partial charge in [-0.3, -0.25) is 10.2 Å². The average Bonchev–Trinajstić information content (AvgIpc) is 2.47. The van der Waals surface area contributed by atoms with Crippen molar-refractivity contribution >= 4 is 5.91 Å². The summed E-state index contributed by atoms with van der Waals surface area (Å²) in [4.78, 5) is 11.1. The predicted octanol–water partition coefficient (Wildman–Crippen LogP) is 2.90. The van der Waals surface area contributed by atoms with Gasteiger partial charge in [-0.25, -0.2) is 5.84 Å². The van der Waals surface area contributed by atoms with Gasteiger partial charge in [0.15, 0.2) is 0 Å². The Labute approximate surface area is 119 Å². The summed E-state index contributed by atoms with van der Waals surface area (Å²) in [5, 5.41) is 0. The maximum Gasteiger partial charge on any atom is 0.416 e. The van der Waals surface area contributed by atoms with E-state index in [1.54, 1.807) is 24.3 Å². The van der Waals surface area contributed by atoms with Crippen LogP contribution in [0.1, 0.15) is 11.1 Å². The van der Waals surface area contributed by atoms with Crippen LogP contribution in [0.3, 0.4) is 0 Å². The number of hydrogen-bond acceptors (Lipinski definition) is 2. The Morgan fingerprint density at radius 1 is 0.952 bits per heavy atom. The number of hydrogen-bond donors (Lipinski definition) is 2. The Bertz CT molecular complexity index is 619. The zero-order chi connectivity index (χ0) is 15.5. The van der Waals surface area contributed by atoms with Crippen LogP contribution in [-0.4, -0.2) is 5.91 Å². The molecule has 2 rings (SSSR count). The van der Waals surface area contributed by atoms with E-state index in [-0.39, 0.29) is 12.3 Å². The third-order valence-corrected chi connectivity index (χ3v) is 3.03. The monoisotopic (exact) mass is 294 g/mol. The molecule has 0 aromatic heterocycles. The van der Waals surface area contributed by atoms with Gasteiger partial charge >= 0.3 is 6.18 Å². The summed E-state index contributed by atoms with van der Waals surface area (Å²) in [5.74, 6) is 4.69. The molecule has 21 heavy (non-hydrogen) atoms. The molecular weight excluding hydrogens is 281 g/mol. The van der Waals surface area contributed by atoms with Crippen molar-refractivity contribution in [2.45, 2.75) is 12.6 Å². The van der Waals surface area contributed by atoms with Crippen LogP contribution >= 0.6 is 0 Å². The van der Waals surface area contributed by atoms with E-state index in [0.717, 1.165) is 23.3 Å². The zero-order valence-electron chi connectivity index (χ0n) is 10.9. The molecule has 3 N–H and O–H groups in total. The van der Waals surface area contributed by atoms with Crippen LogP contribution in [0, 0.1) is 0 Å². The number of nitrogens with one attached hydrogen (secondary N) is 1. The van der Waals surface area contributed by atoms with Crippen molar-refractivity contribution < 1.29 is 18.0 Å². The van der Waals surface area contributed by atoms with Gasteiger partial charge in [-0.2, -0.15) is 13.2 Å². The summed E-state index contributed by atoms with van der Waals surface area (Å²) >= 11 is 0. The first-order valence-corrected chi connectivity index (χ1v) is 6.16. The van der Waals surface area contributed by atoms with Crippen LogP contribution in [-0.2, 0) is 17.4 Å². The van der Waals surface area contributed by atoms with Crippen LogP contribution < -0.4 is 11.3 Å². The third-order valence-electron chi connectivity index (χ3n) is 3.03. The first-order chi connectivity index (χ1) is 9.90. The first-order valence-electron chi connectivity index (χ1n) is 6.16. The highest BCUT2D eigenvalue weighted by molar-refractivity contribution is 5.78. The molecule has 0 saturated heterocycles. The Morgan fingerprint density at radius 3 is 1.86 bits per heavy atom. The molecule has 0 atom stereocenters. The molecule has 0 spiro atoms. The van der Waals surface area contributed by atoms with Crippen molar-refractivity contribution in [1.82, 2.24) is 5.43 Å². The number of carbonyl (C=O) groups excluding carboxylic acids is 1. The van der Waals surface area contributed by atoms with Crippen molar-refractivity contribution in [3.63, 3.8) is 0 Å².